The molecule has 1 aromatic heterocycles. The fourth-order valence-corrected chi connectivity index (χ4v) is 5.35. The van der Waals surface area contributed by atoms with E-state index in [2.05, 4.69) is 20.8 Å². The molecular formula is C27H29BrN2O6. The van der Waals surface area contributed by atoms with Crippen LogP contribution in [0.25, 0.3) is 11.0 Å². The van der Waals surface area contributed by atoms with Gasteiger partial charge in [-0.3, -0.25) is 14.5 Å². The maximum absolute atomic E-state index is 13.8. The van der Waals surface area contributed by atoms with Crippen LogP contribution >= 0.6 is 15.9 Å². The van der Waals surface area contributed by atoms with E-state index in [1.165, 1.54) is 0 Å². The van der Waals surface area contributed by atoms with Crippen molar-refractivity contribution in [3.63, 3.8) is 0 Å². The van der Waals surface area contributed by atoms with Crippen molar-refractivity contribution in [3.05, 3.63) is 68.0 Å². The molecule has 0 N–H and O–H groups in total. The third kappa shape index (κ3) is 4.63. The number of methoxy groups -OCH3 is 1. The molecule has 1 amide bonds. The van der Waals surface area contributed by atoms with E-state index in [1.807, 2.05) is 25.1 Å². The summed E-state index contributed by atoms with van der Waals surface area (Å²) in [6, 6.07) is 10.2. The van der Waals surface area contributed by atoms with E-state index >= 15 is 0 Å². The van der Waals surface area contributed by atoms with Gasteiger partial charge in [0.2, 0.25) is 5.76 Å². The number of rotatable bonds is 8. The molecular weight excluding hydrogens is 528 g/mol. The Kier molecular flexibility index (Phi) is 7.32. The number of benzene rings is 2. The van der Waals surface area contributed by atoms with Crippen LogP contribution in [0.5, 0.6) is 11.5 Å². The predicted molar refractivity (Wildman–Crippen MR) is 139 cm³/mol. The second-order valence-corrected chi connectivity index (χ2v) is 9.78. The summed E-state index contributed by atoms with van der Waals surface area (Å²) in [6.07, 6.45) is 0.768. The molecule has 9 heteroatoms. The minimum absolute atomic E-state index is 0.110. The number of hydrogen-bond donors (Lipinski definition) is 0. The molecule has 0 saturated carbocycles. The number of carbonyl (C=O) groups is 1. The zero-order chi connectivity index (χ0) is 25.2. The second kappa shape index (κ2) is 10.6. The van der Waals surface area contributed by atoms with E-state index in [4.69, 9.17) is 18.6 Å². The molecule has 36 heavy (non-hydrogen) atoms. The molecule has 190 valence electrons. The van der Waals surface area contributed by atoms with Gasteiger partial charge >= 0.3 is 0 Å². The predicted octanol–water partition coefficient (Wildman–Crippen LogP) is 4.23. The third-order valence-corrected chi connectivity index (χ3v) is 7.20. The highest BCUT2D eigenvalue weighted by Gasteiger charge is 2.42. The standard InChI is InChI=1S/C27H29BrN2O6/c1-3-35-21-7-5-17(15-22(21)33-2)24-23-25(31)19-16-18(28)6-8-20(19)36-26(23)27(32)30(24)10-4-9-29-11-13-34-14-12-29/h5-8,15-16,24H,3-4,9-14H2,1-2H3/t24-/m0/s1. The molecule has 3 aromatic rings. The fraction of sp³-hybridized carbons (Fsp3) is 0.407. The van der Waals surface area contributed by atoms with Crippen LogP contribution in [0.1, 0.15) is 41.1 Å². The van der Waals surface area contributed by atoms with Crippen LogP contribution < -0.4 is 14.9 Å². The maximum atomic E-state index is 13.8. The van der Waals surface area contributed by atoms with E-state index in [0.29, 0.717) is 41.2 Å². The molecule has 0 radical (unpaired) electrons. The average molecular weight is 557 g/mol. The van der Waals surface area contributed by atoms with Crippen molar-refractivity contribution in [1.29, 1.82) is 0 Å². The molecule has 0 spiro atoms. The first-order valence-electron chi connectivity index (χ1n) is 12.2. The van der Waals surface area contributed by atoms with Crippen LogP contribution in [0, 0.1) is 0 Å². The maximum Gasteiger partial charge on any atom is 0.290 e. The van der Waals surface area contributed by atoms with Crippen LogP contribution in [0.4, 0.5) is 0 Å². The zero-order valence-corrected chi connectivity index (χ0v) is 22.0. The Balaban J connectivity index is 1.56. The lowest BCUT2D eigenvalue weighted by Crippen LogP contribution is -2.38. The van der Waals surface area contributed by atoms with Gasteiger partial charge in [0, 0.05) is 30.7 Å². The quantitative estimate of drug-likeness (QED) is 0.410. The first kappa shape index (κ1) is 24.8. The Hall–Kier alpha value is -2.88. The minimum Gasteiger partial charge on any atom is -0.493 e. The molecule has 2 aromatic carbocycles. The Morgan fingerprint density at radius 2 is 1.86 bits per heavy atom. The average Bonchev–Trinajstić information content (AvgIpc) is 3.17. The van der Waals surface area contributed by atoms with Crippen LogP contribution in [0.2, 0.25) is 0 Å². The highest BCUT2D eigenvalue weighted by Crippen LogP contribution is 2.41. The van der Waals surface area contributed by atoms with Gasteiger partial charge in [-0.25, -0.2) is 0 Å². The Bertz CT molecular complexity index is 1330. The normalized spacial score (nSPS) is 18.0. The number of ether oxygens (including phenoxy) is 3. The Labute approximate surface area is 217 Å². The van der Waals surface area contributed by atoms with E-state index < -0.39 is 6.04 Å². The summed E-state index contributed by atoms with van der Waals surface area (Å²) in [5.41, 5.74) is 1.33. The van der Waals surface area contributed by atoms with E-state index in [0.717, 1.165) is 49.3 Å². The second-order valence-electron chi connectivity index (χ2n) is 8.87. The monoisotopic (exact) mass is 556 g/mol. The lowest BCUT2D eigenvalue weighted by Gasteiger charge is -2.29. The van der Waals surface area contributed by atoms with Crippen LogP contribution in [-0.4, -0.2) is 68.8 Å². The molecule has 1 atom stereocenters. The number of nitrogens with zero attached hydrogens (tertiary/aromatic N) is 2. The van der Waals surface area contributed by atoms with Crippen molar-refractivity contribution in [2.24, 2.45) is 0 Å². The Morgan fingerprint density at radius 1 is 1.06 bits per heavy atom. The summed E-state index contributed by atoms with van der Waals surface area (Å²) in [4.78, 5) is 31.5. The first-order valence-corrected chi connectivity index (χ1v) is 13.0. The number of halogens is 1. The van der Waals surface area contributed by atoms with Gasteiger partial charge in [0.05, 0.1) is 43.9 Å². The van der Waals surface area contributed by atoms with Crippen LogP contribution in [0.3, 0.4) is 0 Å². The van der Waals surface area contributed by atoms with Gasteiger partial charge < -0.3 is 23.5 Å². The number of morpholine rings is 1. The minimum atomic E-state index is -0.582. The number of amides is 1. The summed E-state index contributed by atoms with van der Waals surface area (Å²) < 4.78 is 23.5. The SMILES string of the molecule is CCOc1ccc([C@H]2c3c(oc4ccc(Br)cc4c3=O)C(=O)N2CCCN2CCOCC2)cc1OC. The first-order chi connectivity index (χ1) is 17.5. The summed E-state index contributed by atoms with van der Waals surface area (Å²) >= 11 is 3.44. The van der Waals surface area contributed by atoms with Gasteiger partial charge in [0.15, 0.2) is 16.9 Å². The van der Waals surface area contributed by atoms with Gasteiger partial charge in [-0.05, 0) is 49.2 Å². The van der Waals surface area contributed by atoms with E-state index in [9.17, 15) is 9.59 Å². The molecule has 0 unspecified atom stereocenters. The molecule has 2 aliphatic heterocycles. The van der Waals surface area contributed by atoms with Gasteiger partial charge in [-0.15, -0.1) is 0 Å². The number of hydrogen-bond acceptors (Lipinski definition) is 7. The number of fused-ring (bicyclic) bond motifs is 2. The van der Waals surface area contributed by atoms with Crippen molar-refractivity contribution in [1.82, 2.24) is 9.80 Å². The van der Waals surface area contributed by atoms with Crippen molar-refractivity contribution in [2.75, 3.05) is 53.1 Å². The van der Waals surface area contributed by atoms with Crippen molar-refractivity contribution in [3.8, 4) is 11.5 Å². The molecule has 3 heterocycles. The highest BCUT2D eigenvalue weighted by molar-refractivity contribution is 9.10. The van der Waals surface area contributed by atoms with Gasteiger partial charge in [0.25, 0.3) is 5.91 Å². The number of carbonyl (C=O) groups excluding carboxylic acids is 1. The van der Waals surface area contributed by atoms with Crippen molar-refractivity contribution in [2.45, 2.75) is 19.4 Å². The van der Waals surface area contributed by atoms with Crippen LogP contribution in [-0.2, 0) is 4.74 Å². The largest absolute Gasteiger partial charge is 0.493 e. The molecule has 0 bridgehead atoms. The highest BCUT2D eigenvalue weighted by atomic mass is 79.9. The summed E-state index contributed by atoms with van der Waals surface area (Å²) in [5, 5.41) is 0.439. The smallest absolute Gasteiger partial charge is 0.290 e. The Morgan fingerprint density at radius 3 is 2.61 bits per heavy atom. The van der Waals surface area contributed by atoms with Crippen molar-refractivity contribution < 1.29 is 23.4 Å². The molecule has 1 fully saturated rings. The summed E-state index contributed by atoms with van der Waals surface area (Å²) in [6.45, 7) is 6.95. The van der Waals surface area contributed by atoms with E-state index in [-0.39, 0.29) is 17.1 Å². The molecule has 5 rings (SSSR count). The topological polar surface area (TPSA) is 81.5 Å². The van der Waals surface area contributed by atoms with Crippen molar-refractivity contribution >= 4 is 32.8 Å². The van der Waals surface area contributed by atoms with Gasteiger partial charge in [0.1, 0.15) is 5.58 Å². The lowest BCUT2D eigenvalue weighted by atomic mass is 9.98. The van der Waals surface area contributed by atoms with Crippen LogP contribution in [0.15, 0.2) is 50.1 Å². The fourth-order valence-electron chi connectivity index (χ4n) is 4.99. The molecule has 1 saturated heterocycles. The van der Waals surface area contributed by atoms with E-state index in [1.54, 1.807) is 30.2 Å². The molecule has 2 aliphatic rings. The molecule has 8 nitrogen and oxygen atoms in total. The summed E-state index contributed by atoms with van der Waals surface area (Å²) in [5.74, 6) is 1.00. The zero-order valence-electron chi connectivity index (χ0n) is 20.4. The van der Waals surface area contributed by atoms with Gasteiger partial charge in [-0.1, -0.05) is 22.0 Å². The van der Waals surface area contributed by atoms with Gasteiger partial charge in [-0.2, -0.15) is 0 Å². The summed E-state index contributed by atoms with van der Waals surface area (Å²) in [7, 11) is 1.58. The third-order valence-electron chi connectivity index (χ3n) is 6.71. The molecule has 0 aliphatic carbocycles. The lowest BCUT2D eigenvalue weighted by molar-refractivity contribution is 0.0353.